The molecule has 0 saturated heterocycles. The van der Waals surface area contributed by atoms with Crippen molar-refractivity contribution in [1.82, 2.24) is 9.97 Å². The van der Waals surface area contributed by atoms with Crippen LogP contribution in [0.25, 0.3) is 0 Å². The van der Waals surface area contributed by atoms with Crippen LogP contribution in [0.5, 0.6) is 0 Å². The lowest BCUT2D eigenvalue weighted by molar-refractivity contribution is 0.102. The Bertz CT molecular complexity index is 570. The van der Waals surface area contributed by atoms with Crippen molar-refractivity contribution in [2.75, 3.05) is 10.7 Å². The molecule has 0 bridgehead atoms. The molecular formula is C12H13N5O. The van der Waals surface area contributed by atoms with E-state index in [9.17, 15) is 4.79 Å². The van der Waals surface area contributed by atoms with E-state index < -0.39 is 0 Å². The van der Waals surface area contributed by atoms with Gasteiger partial charge in [0.15, 0.2) is 5.82 Å². The van der Waals surface area contributed by atoms with Crippen LogP contribution in [0.3, 0.4) is 0 Å². The van der Waals surface area contributed by atoms with Crippen LogP contribution in [0.2, 0.25) is 0 Å². The average molecular weight is 243 g/mol. The standard InChI is InChI=1S/C12H13N5O/c1-8-4-6-14-10(7-8)16-12(18)9-3-2-5-15-11(9)17-13/h2-7H,13H2,1H3,(H,15,17)(H,14,16,18). The molecule has 0 unspecified atom stereocenters. The number of nitrogens with zero attached hydrogens (tertiary/aromatic N) is 2. The van der Waals surface area contributed by atoms with Gasteiger partial charge in [-0.3, -0.25) is 4.79 Å². The number of carbonyl (C=O) groups excluding carboxylic acids is 1. The highest BCUT2D eigenvalue weighted by Crippen LogP contribution is 2.13. The van der Waals surface area contributed by atoms with Gasteiger partial charge < -0.3 is 10.7 Å². The molecule has 6 nitrogen and oxygen atoms in total. The first-order valence-corrected chi connectivity index (χ1v) is 5.36. The highest BCUT2D eigenvalue weighted by atomic mass is 16.1. The zero-order chi connectivity index (χ0) is 13.0. The average Bonchev–Trinajstić information content (AvgIpc) is 2.38. The Kier molecular flexibility index (Phi) is 3.49. The molecule has 0 fully saturated rings. The molecule has 0 aliphatic rings. The maximum atomic E-state index is 12.0. The van der Waals surface area contributed by atoms with Gasteiger partial charge in [-0.2, -0.15) is 0 Å². The Morgan fingerprint density at radius 2 is 2.11 bits per heavy atom. The van der Waals surface area contributed by atoms with Crippen LogP contribution in [0, 0.1) is 6.92 Å². The quantitative estimate of drug-likeness (QED) is 0.558. The predicted molar refractivity (Wildman–Crippen MR) is 69.0 cm³/mol. The molecule has 0 aromatic carbocycles. The second-order valence-corrected chi connectivity index (χ2v) is 3.72. The molecule has 4 N–H and O–H groups in total. The summed E-state index contributed by atoms with van der Waals surface area (Å²) in [5.41, 5.74) is 3.76. The van der Waals surface area contributed by atoms with Gasteiger partial charge in [0.05, 0.1) is 5.56 Å². The monoisotopic (exact) mass is 243 g/mol. The fourth-order valence-electron chi connectivity index (χ4n) is 1.49. The van der Waals surface area contributed by atoms with E-state index >= 15 is 0 Å². The van der Waals surface area contributed by atoms with Crippen molar-refractivity contribution >= 4 is 17.5 Å². The number of nitrogen functional groups attached to an aromatic ring is 1. The number of amides is 1. The van der Waals surface area contributed by atoms with Crippen molar-refractivity contribution in [3.63, 3.8) is 0 Å². The Labute approximate surface area is 104 Å². The van der Waals surface area contributed by atoms with Crippen LogP contribution in [0.4, 0.5) is 11.6 Å². The third-order valence-corrected chi connectivity index (χ3v) is 2.35. The lowest BCUT2D eigenvalue weighted by Crippen LogP contribution is -2.18. The number of carbonyl (C=O) groups is 1. The molecule has 2 aromatic heterocycles. The van der Waals surface area contributed by atoms with E-state index in [1.54, 1.807) is 30.6 Å². The summed E-state index contributed by atoms with van der Waals surface area (Å²) in [7, 11) is 0. The summed E-state index contributed by atoms with van der Waals surface area (Å²) in [5.74, 6) is 5.80. The number of hydrogen-bond acceptors (Lipinski definition) is 5. The van der Waals surface area contributed by atoms with Crippen molar-refractivity contribution in [2.45, 2.75) is 6.92 Å². The van der Waals surface area contributed by atoms with E-state index in [0.29, 0.717) is 17.2 Å². The smallest absolute Gasteiger partial charge is 0.260 e. The predicted octanol–water partition coefficient (Wildman–Crippen LogP) is 1.32. The molecule has 0 atom stereocenters. The number of aromatic nitrogens is 2. The largest absolute Gasteiger partial charge is 0.308 e. The zero-order valence-corrected chi connectivity index (χ0v) is 9.84. The fourth-order valence-corrected chi connectivity index (χ4v) is 1.49. The van der Waals surface area contributed by atoms with Gasteiger partial charge in [0, 0.05) is 12.4 Å². The third kappa shape index (κ3) is 2.61. The second kappa shape index (κ2) is 5.24. The van der Waals surface area contributed by atoms with Gasteiger partial charge in [-0.15, -0.1) is 0 Å². The number of rotatable bonds is 3. The van der Waals surface area contributed by atoms with Crippen molar-refractivity contribution in [1.29, 1.82) is 0 Å². The maximum absolute atomic E-state index is 12.0. The van der Waals surface area contributed by atoms with Gasteiger partial charge in [0.25, 0.3) is 5.91 Å². The first-order chi connectivity index (χ1) is 8.70. The number of hydrazine groups is 1. The molecule has 0 aliphatic carbocycles. The van der Waals surface area contributed by atoms with Gasteiger partial charge >= 0.3 is 0 Å². The van der Waals surface area contributed by atoms with Crippen LogP contribution in [-0.4, -0.2) is 15.9 Å². The van der Waals surface area contributed by atoms with E-state index in [-0.39, 0.29) is 5.91 Å². The van der Waals surface area contributed by atoms with E-state index in [4.69, 9.17) is 5.84 Å². The van der Waals surface area contributed by atoms with Crippen molar-refractivity contribution in [3.8, 4) is 0 Å². The molecule has 1 amide bonds. The summed E-state index contributed by atoms with van der Waals surface area (Å²) >= 11 is 0. The molecule has 2 heterocycles. The minimum Gasteiger partial charge on any atom is -0.308 e. The number of anilines is 2. The van der Waals surface area contributed by atoms with Crippen LogP contribution < -0.4 is 16.6 Å². The van der Waals surface area contributed by atoms with Crippen molar-refractivity contribution in [2.24, 2.45) is 5.84 Å². The van der Waals surface area contributed by atoms with E-state index in [2.05, 4.69) is 20.7 Å². The lowest BCUT2D eigenvalue weighted by atomic mass is 10.2. The number of nitrogens with one attached hydrogen (secondary N) is 2. The van der Waals surface area contributed by atoms with Gasteiger partial charge in [-0.05, 0) is 36.8 Å². The SMILES string of the molecule is Cc1ccnc(NC(=O)c2cccnc2NN)c1. The topological polar surface area (TPSA) is 92.9 Å². The highest BCUT2D eigenvalue weighted by Gasteiger charge is 2.11. The first kappa shape index (κ1) is 12.0. The first-order valence-electron chi connectivity index (χ1n) is 5.36. The molecule has 0 saturated carbocycles. The van der Waals surface area contributed by atoms with Crippen molar-refractivity contribution in [3.05, 3.63) is 47.8 Å². The summed E-state index contributed by atoms with van der Waals surface area (Å²) in [6.45, 7) is 1.92. The minimum absolute atomic E-state index is 0.311. The Morgan fingerprint density at radius 1 is 1.28 bits per heavy atom. The molecule has 0 aliphatic heterocycles. The number of nitrogens with two attached hydrogens (primary N) is 1. The van der Waals surface area contributed by atoms with Gasteiger partial charge in [0.1, 0.15) is 5.82 Å². The Balaban J connectivity index is 2.22. The molecule has 6 heteroatoms. The minimum atomic E-state index is -0.311. The summed E-state index contributed by atoms with van der Waals surface area (Å²) in [6, 6.07) is 6.93. The fraction of sp³-hybridized carbons (Fsp3) is 0.0833. The van der Waals surface area contributed by atoms with Gasteiger partial charge in [0.2, 0.25) is 0 Å². The zero-order valence-electron chi connectivity index (χ0n) is 9.84. The van der Waals surface area contributed by atoms with Crippen LogP contribution in [-0.2, 0) is 0 Å². The Hall–Kier alpha value is -2.47. The summed E-state index contributed by atoms with van der Waals surface area (Å²) in [4.78, 5) is 20.0. The highest BCUT2D eigenvalue weighted by molar-refractivity contribution is 6.06. The molecular weight excluding hydrogens is 230 g/mol. The van der Waals surface area contributed by atoms with Crippen molar-refractivity contribution < 1.29 is 4.79 Å². The number of hydrogen-bond donors (Lipinski definition) is 3. The second-order valence-electron chi connectivity index (χ2n) is 3.72. The lowest BCUT2D eigenvalue weighted by Gasteiger charge is -2.08. The summed E-state index contributed by atoms with van der Waals surface area (Å²) in [6.07, 6.45) is 3.19. The van der Waals surface area contributed by atoms with Gasteiger partial charge in [-0.1, -0.05) is 0 Å². The number of pyridine rings is 2. The summed E-state index contributed by atoms with van der Waals surface area (Å²) in [5, 5.41) is 2.69. The molecule has 2 rings (SSSR count). The normalized spacial score (nSPS) is 9.89. The van der Waals surface area contributed by atoms with Gasteiger partial charge in [-0.25, -0.2) is 15.8 Å². The van der Waals surface area contributed by atoms with Crippen LogP contribution in [0.15, 0.2) is 36.7 Å². The van der Waals surface area contributed by atoms with E-state index in [0.717, 1.165) is 5.56 Å². The Morgan fingerprint density at radius 3 is 2.83 bits per heavy atom. The van der Waals surface area contributed by atoms with Crippen LogP contribution in [0.1, 0.15) is 15.9 Å². The molecule has 2 aromatic rings. The number of aryl methyl sites for hydroxylation is 1. The van der Waals surface area contributed by atoms with E-state index in [1.165, 1.54) is 0 Å². The molecule has 18 heavy (non-hydrogen) atoms. The molecule has 92 valence electrons. The molecule has 0 spiro atoms. The third-order valence-electron chi connectivity index (χ3n) is 2.35. The summed E-state index contributed by atoms with van der Waals surface area (Å²) < 4.78 is 0. The van der Waals surface area contributed by atoms with E-state index in [1.807, 2.05) is 13.0 Å². The maximum Gasteiger partial charge on any atom is 0.260 e. The molecule has 0 radical (unpaired) electrons. The van der Waals surface area contributed by atoms with Crippen LogP contribution >= 0.6 is 0 Å².